The molecule has 0 unspecified atom stereocenters. The number of hydrogen-bond donors (Lipinski definition) is 1. The lowest BCUT2D eigenvalue weighted by atomic mass is 9.94. The average molecular weight is 456 g/mol. The van der Waals surface area contributed by atoms with Crippen LogP contribution >= 0.6 is 23.6 Å². The number of anilines is 1. The number of ether oxygens (including phenoxy) is 2. The van der Waals surface area contributed by atoms with E-state index in [1.54, 1.807) is 18.5 Å². The largest absolute Gasteiger partial charge is 0.463 e. The molecule has 0 bridgehead atoms. The summed E-state index contributed by atoms with van der Waals surface area (Å²) in [6.45, 7) is 2.45. The molecule has 3 aromatic rings. The van der Waals surface area contributed by atoms with Gasteiger partial charge in [0.25, 0.3) is 0 Å². The molecule has 7 nitrogen and oxygen atoms in total. The van der Waals surface area contributed by atoms with Gasteiger partial charge in [-0.05, 0) is 31.0 Å². The standard InChI is InChI=1S/C22H21N3O4S2/c26-19(13-3-7-27-8-4-13)20-18(17-2-1-6-29-17)24-22(31-20)25-21(30)14-10-15-12-28-9-5-16(15)23-11-14/h1-2,6,10-11,13H,3-5,7-9,12H2,(H,24,25,30). The number of thiocarbonyl (C=S) groups is 1. The fourth-order valence-electron chi connectivity index (χ4n) is 3.80. The second-order valence-electron chi connectivity index (χ2n) is 7.51. The van der Waals surface area contributed by atoms with Crippen LogP contribution in [0.15, 0.2) is 35.1 Å². The molecule has 5 heterocycles. The number of pyridine rings is 1. The number of fused-ring (bicyclic) bond motifs is 1. The Balaban J connectivity index is 1.41. The van der Waals surface area contributed by atoms with Gasteiger partial charge in [0, 0.05) is 48.6 Å². The van der Waals surface area contributed by atoms with Crippen LogP contribution in [0, 0.1) is 5.92 Å². The van der Waals surface area contributed by atoms with E-state index in [4.69, 9.17) is 26.1 Å². The Bertz CT molecular complexity index is 1100. The van der Waals surface area contributed by atoms with E-state index in [1.165, 1.54) is 11.3 Å². The maximum absolute atomic E-state index is 13.2. The molecule has 1 fully saturated rings. The molecule has 1 N–H and O–H groups in total. The van der Waals surface area contributed by atoms with Gasteiger partial charge in [0.2, 0.25) is 0 Å². The van der Waals surface area contributed by atoms with Gasteiger partial charge in [-0.1, -0.05) is 23.6 Å². The highest BCUT2D eigenvalue weighted by molar-refractivity contribution is 7.81. The predicted octanol–water partition coefficient (Wildman–Crippen LogP) is 4.27. The van der Waals surface area contributed by atoms with Crippen molar-refractivity contribution in [3.8, 4) is 11.5 Å². The zero-order valence-corrected chi connectivity index (χ0v) is 18.4. The van der Waals surface area contributed by atoms with E-state index in [1.807, 2.05) is 12.1 Å². The first-order chi connectivity index (χ1) is 15.2. The first-order valence-electron chi connectivity index (χ1n) is 10.2. The van der Waals surface area contributed by atoms with Gasteiger partial charge in [0.05, 0.1) is 19.5 Å². The molecule has 31 heavy (non-hydrogen) atoms. The molecule has 0 radical (unpaired) electrons. The van der Waals surface area contributed by atoms with Crippen LogP contribution in [0.4, 0.5) is 5.13 Å². The van der Waals surface area contributed by atoms with Crippen LogP contribution in [0.1, 0.15) is 39.3 Å². The summed E-state index contributed by atoms with van der Waals surface area (Å²) in [4.78, 5) is 23.5. The Morgan fingerprint density at radius 2 is 2.10 bits per heavy atom. The monoisotopic (exact) mass is 455 g/mol. The highest BCUT2D eigenvalue weighted by atomic mass is 32.1. The lowest BCUT2D eigenvalue weighted by Gasteiger charge is -2.20. The van der Waals surface area contributed by atoms with Gasteiger partial charge in [-0.2, -0.15) is 0 Å². The third-order valence-corrected chi connectivity index (χ3v) is 6.80. The SMILES string of the molecule is O=C(c1sc(NC(=S)c2cnc3c(c2)COCC3)nc1-c1ccco1)C1CCOCC1. The lowest BCUT2D eigenvalue weighted by Crippen LogP contribution is -2.23. The number of carbonyl (C=O) groups is 1. The van der Waals surface area contributed by atoms with Gasteiger partial charge >= 0.3 is 0 Å². The molecule has 5 rings (SSSR count). The fourth-order valence-corrected chi connectivity index (χ4v) is 5.07. The van der Waals surface area contributed by atoms with Crippen molar-refractivity contribution in [3.63, 3.8) is 0 Å². The highest BCUT2D eigenvalue weighted by Gasteiger charge is 2.29. The Labute approximate surface area is 188 Å². The van der Waals surface area contributed by atoms with E-state index in [0.717, 1.165) is 36.1 Å². The number of nitrogens with one attached hydrogen (secondary N) is 1. The number of Topliss-reactive ketones (excluding diaryl/α,β-unsaturated/α-hetero) is 1. The van der Waals surface area contributed by atoms with Crippen molar-refractivity contribution in [1.82, 2.24) is 9.97 Å². The summed E-state index contributed by atoms with van der Waals surface area (Å²) in [5, 5.41) is 3.74. The summed E-state index contributed by atoms with van der Waals surface area (Å²) in [6.07, 6.45) is 5.60. The molecule has 0 atom stereocenters. The summed E-state index contributed by atoms with van der Waals surface area (Å²) in [5.41, 5.74) is 3.45. The molecule has 0 aromatic carbocycles. The van der Waals surface area contributed by atoms with E-state index in [0.29, 0.717) is 52.9 Å². The molecule has 0 aliphatic carbocycles. The second-order valence-corrected chi connectivity index (χ2v) is 8.92. The van der Waals surface area contributed by atoms with Gasteiger partial charge in [0.1, 0.15) is 15.6 Å². The number of hydrogen-bond acceptors (Lipinski definition) is 8. The molecule has 0 amide bonds. The van der Waals surface area contributed by atoms with Gasteiger partial charge < -0.3 is 19.2 Å². The number of nitrogens with zero attached hydrogens (tertiary/aromatic N) is 2. The van der Waals surface area contributed by atoms with Crippen LogP contribution in [0.3, 0.4) is 0 Å². The second kappa shape index (κ2) is 8.96. The number of aromatic nitrogens is 2. The number of rotatable bonds is 5. The molecule has 1 saturated heterocycles. The molecule has 0 spiro atoms. The summed E-state index contributed by atoms with van der Waals surface area (Å²) in [6, 6.07) is 5.60. The molecule has 2 aliphatic heterocycles. The van der Waals surface area contributed by atoms with Gasteiger partial charge in [-0.25, -0.2) is 4.98 Å². The summed E-state index contributed by atoms with van der Waals surface area (Å²) >= 11 is 6.91. The van der Waals surface area contributed by atoms with E-state index in [2.05, 4.69) is 15.3 Å². The first kappa shape index (κ1) is 20.4. The molecular weight excluding hydrogens is 434 g/mol. The minimum Gasteiger partial charge on any atom is -0.463 e. The summed E-state index contributed by atoms with van der Waals surface area (Å²) in [5.74, 6) is 0.588. The number of carbonyl (C=O) groups excluding carboxylic acids is 1. The lowest BCUT2D eigenvalue weighted by molar-refractivity contribution is 0.0547. The Morgan fingerprint density at radius 1 is 1.23 bits per heavy atom. The smallest absolute Gasteiger partial charge is 0.189 e. The molecule has 3 aromatic heterocycles. The van der Waals surface area contributed by atoms with Crippen LogP contribution in [0.2, 0.25) is 0 Å². The third kappa shape index (κ3) is 4.31. The molecule has 2 aliphatic rings. The topological polar surface area (TPSA) is 86.5 Å². The third-order valence-electron chi connectivity index (χ3n) is 5.48. The molecule has 0 saturated carbocycles. The van der Waals surface area contributed by atoms with Gasteiger partial charge in [-0.3, -0.25) is 9.78 Å². The zero-order chi connectivity index (χ0) is 21.2. The Morgan fingerprint density at radius 3 is 2.90 bits per heavy atom. The minimum absolute atomic E-state index is 0.0624. The molecular formula is C22H21N3O4S2. The van der Waals surface area contributed by atoms with E-state index in [9.17, 15) is 4.79 Å². The van der Waals surface area contributed by atoms with Crippen molar-refractivity contribution in [2.75, 3.05) is 25.1 Å². The fraction of sp³-hybridized carbons (Fsp3) is 0.364. The van der Waals surface area contributed by atoms with Crippen LogP contribution < -0.4 is 5.32 Å². The maximum atomic E-state index is 13.2. The van der Waals surface area contributed by atoms with Crippen molar-refractivity contribution in [2.45, 2.75) is 25.9 Å². The van der Waals surface area contributed by atoms with Crippen molar-refractivity contribution in [1.29, 1.82) is 0 Å². The maximum Gasteiger partial charge on any atom is 0.189 e. The first-order valence-corrected chi connectivity index (χ1v) is 11.4. The Kier molecular flexibility index (Phi) is 5.91. The average Bonchev–Trinajstić information content (AvgIpc) is 3.49. The van der Waals surface area contributed by atoms with Crippen molar-refractivity contribution < 1.29 is 18.7 Å². The number of thiazole rings is 1. The van der Waals surface area contributed by atoms with Gasteiger partial charge in [-0.15, -0.1) is 0 Å². The van der Waals surface area contributed by atoms with Crippen molar-refractivity contribution >= 4 is 39.5 Å². The van der Waals surface area contributed by atoms with E-state index >= 15 is 0 Å². The van der Waals surface area contributed by atoms with Crippen molar-refractivity contribution in [3.05, 3.63) is 52.4 Å². The van der Waals surface area contributed by atoms with Crippen LogP contribution in [0.25, 0.3) is 11.5 Å². The number of ketones is 1. The summed E-state index contributed by atoms with van der Waals surface area (Å²) < 4.78 is 16.5. The predicted molar refractivity (Wildman–Crippen MR) is 121 cm³/mol. The van der Waals surface area contributed by atoms with Crippen LogP contribution in [-0.2, 0) is 22.5 Å². The quantitative estimate of drug-likeness (QED) is 0.451. The number of furan rings is 1. The summed E-state index contributed by atoms with van der Waals surface area (Å²) in [7, 11) is 0. The van der Waals surface area contributed by atoms with Crippen molar-refractivity contribution in [2.24, 2.45) is 5.92 Å². The molecule has 9 heteroatoms. The normalized spacial score (nSPS) is 16.6. The van der Waals surface area contributed by atoms with Crippen LogP contribution in [0.5, 0.6) is 0 Å². The van der Waals surface area contributed by atoms with Crippen LogP contribution in [-0.4, -0.2) is 40.6 Å². The van der Waals surface area contributed by atoms with E-state index in [-0.39, 0.29) is 11.7 Å². The highest BCUT2D eigenvalue weighted by Crippen LogP contribution is 2.35. The van der Waals surface area contributed by atoms with Gasteiger partial charge in [0.15, 0.2) is 16.7 Å². The zero-order valence-electron chi connectivity index (χ0n) is 16.8. The Hall–Kier alpha value is -2.46. The minimum atomic E-state index is -0.0624. The molecule has 160 valence electrons. The van der Waals surface area contributed by atoms with E-state index < -0.39 is 0 Å².